The highest BCUT2D eigenvalue weighted by atomic mass is 32.2. The average molecular weight is 563 g/mol. The van der Waals surface area contributed by atoms with Gasteiger partial charge < -0.3 is 10.1 Å². The van der Waals surface area contributed by atoms with E-state index in [2.05, 4.69) is 25.7 Å². The quantitative estimate of drug-likeness (QED) is 0.165. The van der Waals surface area contributed by atoms with Crippen LogP contribution in [-0.2, 0) is 38.4 Å². The van der Waals surface area contributed by atoms with Crippen molar-refractivity contribution in [1.82, 2.24) is 20.4 Å². The van der Waals surface area contributed by atoms with Crippen LogP contribution in [-0.4, -0.2) is 56.4 Å². The van der Waals surface area contributed by atoms with Crippen molar-refractivity contribution in [3.8, 4) is 0 Å². The molecule has 37 heavy (non-hydrogen) atoms. The highest BCUT2D eigenvalue weighted by molar-refractivity contribution is 7.99. The van der Waals surface area contributed by atoms with Crippen LogP contribution in [0.4, 0.5) is 10.3 Å². The van der Waals surface area contributed by atoms with Crippen molar-refractivity contribution in [2.24, 2.45) is 0 Å². The minimum atomic E-state index is -0.338. The number of hydrogen-bond acceptors (Lipinski definition) is 11. The van der Waals surface area contributed by atoms with Gasteiger partial charge in [0.1, 0.15) is 10.0 Å². The van der Waals surface area contributed by atoms with Gasteiger partial charge in [-0.05, 0) is 23.5 Å². The van der Waals surface area contributed by atoms with Gasteiger partial charge in [-0.1, -0.05) is 66.9 Å². The van der Waals surface area contributed by atoms with Gasteiger partial charge in [-0.25, -0.2) is 0 Å². The number of anilines is 2. The first-order valence-corrected chi connectivity index (χ1v) is 14.8. The van der Waals surface area contributed by atoms with E-state index in [4.69, 9.17) is 4.74 Å². The van der Waals surface area contributed by atoms with Crippen LogP contribution < -0.4 is 10.2 Å². The van der Waals surface area contributed by atoms with E-state index < -0.39 is 0 Å². The number of amides is 2. The summed E-state index contributed by atoms with van der Waals surface area (Å²) in [5.41, 5.74) is 0.948. The molecule has 0 saturated heterocycles. The average Bonchev–Trinajstić information content (AvgIpc) is 3.54. The number of carbonyl (C=O) groups excluding carboxylic acids is 3. The maximum absolute atomic E-state index is 12.3. The van der Waals surface area contributed by atoms with Gasteiger partial charge in [0.05, 0.1) is 6.42 Å². The highest BCUT2D eigenvalue weighted by Gasteiger charge is 2.20. The van der Waals surface area contributed by atoms with Gasteiger partial charge in [-0.2, -0.15) is 11.8 Å². The Kier molecular flexibility index (Phi) is 11.9. The van der Waals surface area contributed by atoms with Crippen LogP contribution in [0.2, 0.25) is 0 Å². The third-order valence-electron chi connectivity index (χ3n) is 4.94. The molecule has 0 aliphatic heterocycles. The van der Waals surface area contributed by atoms with E-state index in [1.807, 2.05) is 37.3 Å². The van der Waals surface area contributed by atoms with E-state index in [-0.39, 0.29) is 30.9 Å². The number of esters is 1. The summed E-state index contributed by atoms with van der Waals surface area (Å²) in [6.07, 6.45) is 3.04. The zero-order valence-corrected chi connectivity index (χ0v) is 23.3. The van der Waals surface area contributed by atoms with E-state index in [1.54, 1.807) is 18.7 Å². The third kappa shape index (κ3) is 9.82. The molecule has 3 aromatic rings. The van der Waals surface area contributed by atoms with Gasteiger partial charge in [0, 0.05) is 25.7 Å². The third-order valence-corrected chi connectivity index (χ3v) is 7.83. The van der Waals surface area contributed by atoms with Crippen LogP contribution in [0.1, 0.15) is 48.7 Å². The maximum Gasteiger partial charge on any atom is 0.307 e. The number of rotatable bonds is 15. The van der Waals surface area contributed by atoms with Gasteiger partial charge in [-0.15, -0.1) is 20.4 Å². The number of aryl methyl sites for hydroxylation is 2. The minimum absolute atomic E-state index is 0.113. The number of nitrogens with one attached hydrogen (secondary N) is 1. The van der Waals surface area contributed by atoms with Crippen molar-refractivity contribution in [2.75, 3.05) is 28.5 Å². The topological polar surface area (TPSA) is 127 Å². The van der Waals surface area contributed by atoms with E-state index in [0.717, 1.165) is 33.5 Å². The Hall–Kier alpha value is -2.90. The largest absolute Gasteiger partial charge is 0.444 e. The standard InChI is InChI=1S/C24H30N6O4S3/c1-3-8-22(33)34-16-30(21(32)4-2)24-29-27-20(37-24)12-14-35-13-11-19-26-28-23(36-19)25-18(31)15-17-9-6-5-7-10-17/h5-7,9-10H,3-4,8,11-16H2,1-2H3,(H,25,28,31). The predicted octanol–water partition coefficient (Wildman–Crippen LogP) is 4.13. The molecule has 0 saturated carbocycles. The molecule has 0 fully saturated rings. The molecule has 1 aromatic carbocycles. The molecule has 1 N–H and O–H groups in total. The molecule has 10 nitrogen and oxygen atoms in total. The predicted molar refractivity (Wildman–Crippen MR) is 147 cm³/mol. The number of aromatic nitrogens is 4. The molecule has 0 aliphatic rings. The van der Waals surface area contributed by atoms with Crippen LogP contribution >= 0.6 is 34.4 Å². The van der Waals surface area contributed by atoms with Crippen molar-refractivity contribution < 1.29 is 19.1 Å². The molecule has 13 heteroatoms. The highest BCUT2D eigenvalue weighted by Crippen LogP contribution is 2.23. The maximum atomic E-state index is 12.3. The summed E-state index contributed by atoms with van der Waals surface area (Å²) in [5.74, 6) is 1.06. The smallest absolute Gasteiger partial charge is 0.307 e. The number of carbonyl (C=O) groups is 3. The molecule has 2 aromatic heterocycles. The molecular formula is C24H30N6O4S3. The summed E-state index contributed by atoms with van der Waals surface area (Å²) in [7, 11) is 0. The molecule has 2 amide bonds. The zero-order valence-electron chi connectivity index (χ0n) is 20.8. The van der Waals surface area contributed by atoms with Crippen LogP contribution in [0.25, 0.3) is 0 Å². The van der Waals surface area contributed by atoms with Gasteiger partial charge >= 0.3 is 5.97 Å². The number of hydrogen-bond donors (Lipinski definition) is 1. The molecule has 0 spiro atoms. The van der Waals surface area contributed by atoms with Crippen molar-refractivity contribution in [3.63, 3.8) is 0 Å². The fraction of sp³-hybridized carbons (Fsp3) is 0.458. The normalized spacial score (nSPS) is 10.8. The van der Waals surface area contributed by atoms with Gasteiger partial charge in [0.15, 0.2) is 6.73 Å². The summed E-state index contributed by atoms with van der Waals surface area (Å²) >= 11 is 4.47. The minimum Gasteiger partial charge on any atom is -0.444 e. The molecule has 0 aliphatic carbocycles. The van der Waals surface area contributed by atoms with Gasteiger partial charge in [0.2, 0.25) is 22.1 Å². The number of nitrogens with zero attached hydrogens (tertiary/aromatic N) is 5. The Bertz CT molecular complexity index is 1150. The Morgan fingerprint density at radius 1 is 0.973 bits per heavy atom. The second-order valence-electron chi connectivity index (χ2n) is 7.87. The monoisotopic (exact) mass is 562 g/mol. The first-order valence-electron chi connectivity index (χ1n) is 12.0. The molecule has 0 atom stereocenters. The number of ether oxygens (including phenoxy) is 1. The van der Waals surface area contributed by atoms with E-state index in [9.17, 15) is 14.4 Å². The molecule has 0 unspecified atom stereocenters. The number of benzene rings is 1. The summed E-state index contributed by atoms with van der Waals surface area (Å²) < 4.78 is 5.20. The Morgan fingerprint density at radius 2 is 1.68 bits per heavy atom. The Balaban J connectivity index is 1.38. The van der Waals surface area contributed by atoms with E-state index in [0.29, 0.717) is 35.9 Å². The second-order valence-corrected chi connectivity index (χ2v) is 11.2. The molecular weight excluding hydrogens is 533 g/mol. The van der Waals surface area contributed by atoms with Gasteiger partial charge in [0.25, 0.3) is 0 Å². The molecule has 3 rings (SSSR count). The molecule has 0 bridgehead atoms. The van der Waals surface area contributed by atoms with Crippen LogP contribution in [0.15, 0.2) is 30.3 Å². The summed E-state index contributed by atoms with van der Waals surface area (Å²) in [5, 5.41) is 22.0. The SMILES string of the molecule is CCCC(=O)OCN(C(=O)CC)c1nnc(CCSCCc2nnc(NC(=O)Cc3ccccc3)s2)s1. The molecule has 0 radical (unpaired) electrons. The van der Waals surface area contributed by atoms with Crippen molar-refractivity contribution in [1.29, 1.82) is 0 Å². The van der Waals surface area contributed by atoms with Crippen molar-refractivity contribution in [3.05, 3.63) is 45.9 Å². The lowest BCUT2D eigenvalue weighted by Gasteiger charge is -2.18. The molecule has 198 valence electrons. The lowest BCUT2D eigenvalue weighted by atomic mass is 10.1. The van der Waals surface area contributed by atoms with Crippen molar-refractivity contribution >= 4 is 62.5 Å². The van der Waals surface area contributed by atoms with Crippen molar-refractivity contribution in [2.45, 2.75) is 52.4 Å². The fourth-order valence-electron chi connectivity index (χ4n) is 3.06. The fourth-order valence-corrected chi connectivity index (χ4v) is 5.80. The van der Waals surface area contributed by atoms with Crippen LogP contribution in [0.5, 0.6) is 0 Å². The Labute approximate surface area is 228 Å². The second kappa shape index (κ2) is 15.4. The van der Waals surface area contributed by atoms with E-state index >= 15 is 0 Å². The molecule has 2 heterocycles. The van der Waals surface area contributed by atoms with E-state index in [1.165, 1.54) is 27.6 Å². The van der Waals surface area contributed by atoms with Crippen LogP contribution in [0.3, 0.4) is 0 Å². The lowest BCUT2D eigenvalue weighted by Crippen LogP contribution is -2.33. The van der Waals surface area contributed by atoms with Gasteiger partial charge in [-0.3, -0.25) is 19.3 Å². The van der Waals surface area contributed by atoms with Crippen LogP contribution in [0, 0.1) is 0 Å². The summed E-state index contributed by atoms with van der Waals surface area (Å²) in [4.78, 5) is 37.6. The summed E-state index contributed by atoms with van der Waals surface area (Å²) in [6.45, 7) is 3.50. The summed E-state index contributed by atoms with van der Waals surface area (Å²) in [6, 6.07) is 9.56. The zero-order chi connectivity index (χ0) is 26.5. The first-order chi connectivity index (χ1) is 18.0. The first kappa shape index (κ1) is 28.7. The lowest BCUT2D eigenvalue weighted by molar-refractivity contribution is -0.144. The Morgan fingerprint density at radius 3 is 2.38 bits per heavy atom. The number of thioether (sulfide) groups is 1.